The van der Waals surface area contributed by atoms with E-state index in [-0.39, 0.29) is 5.56 Å². The Hall–Kier alpha value is -1.55. The molecule has 1 aromatic heterocycles. The molecular weight excluding hydrogens is 280 g/mol. The van der Waals surface area contributed by atoms with Crippen molar-refractivity contribution >= 4 is 21.6 Å². The molecule has 1 aromatic carbocycles. The minimum absolute atomic E-state index is 0.00234. The van der Waals surface area contributed by atoms with Crippen molar-refractivity contribution in [3.05, 3.63) is 62.5 Å². The van der Waals surface area contributed by atoms with Gasteiger partial charge < -0.3 is 10.3 Å². The summed E-state index contributed by atoms with van der Waals surface area (Å²) in [7, 11) is 0. The lowest BCUT2D eigenvalue weighted by atomic mass is 10.2. The van der Waals surface area contributed by atoms with E-state index < -0.39 is 0 Å². The normalized spacial score (nSPS) is 10.5. The smallest absolute Gasteiger partial charge is 0.251 e. The van der Waals surface area contributed by atoms with Gasteiger partial charge in [-0.05, 0) is 46.1 Å². The number of nitrogens with two attached hydrogens (primary N) is 1. The van der Waals surface area contributed by atoms with E-state index in [2.05, 4.69) is 15.9 Å². The maximum absolute atomic E-state index is 11.8. The number of anilines is 1. The number of nitrogen functional groups attached to an aromatic ring is 1. The Morgan fingerprint density at radius 2 is 1.94 bits per heavy atom. The summed E-state index contributed by atoms with van der Waals surface area (Å²) in [5.41, 5.74) is 8.35. The minimum atomic E-state index is 0.00234. The van der Waals surface area contributed by atoms with Crippen LogP contribution in [-0.4, -0.2) is 4.57 Å². The SMILES string of the molecule is Cc1cc(=O)n(Cc2ccc(N)cc2)cc1Br. The topological polar surface area (TPSA) is 48.0 Å². The van der Waals surface area contributed by atoms with Gasteiger partial charge >= 0.3 is 0 Å². The van der Waals surface area contributed by atoms with Crippen LogP contribution in [0.15, 0.2) is 45.8 Å². The van der Waals surface area contributed by atoms with Crippen molar-refractivity contribution in [2.75, 3.05) is 5.73 Å². The molecule has 0 fully saturated rings. The number of pyridine rings is 1. The van der Waals surface area contributed by atoms with E-state index in [0.717, 1.165) is 21.3 Å². The lowest BCUT2D eigenvalue weighted by Gasteiger charge is -2.08. The van der Waals surface area contributed by atoms with E-state index in [1.165, 1.54) is 0 Å². The molecule has 2 rings (SSSR count). The first kappa shape index (κ1) is 11.9. The molecule has 0 unspecified atom stereocenters. The Labute approximate surface area is 108 Å². The molecule has 0 amide bonds. The van der Waals surface area contributed by atoms with Crippen LogP contribution in [0.5, 0.6) is 0 Å². The zero-order valence-corrected chi connectivity index (χ0v) is 11.1. The maximum Gasteiger partial charge on any atom is 0.251 e. The second-order valence-corrected chi connectivity index (χ2v) is 4.87. The summed E-state index contributed by atoms with van der Waals surface area (Å²) in [6.07, 6.45) is 1.81. The molecule has 0 bridgehead atoms. The van der Waals surface area contributed by atoms with Crippen molar-refractivity contribution < 1.29 is 0 Å². The van der Waals surface area contributed by atoms with Gasteiger partial charge in [0.2, 0.25) is 0 Å². The maximum atomic E-state index is 11.8. The summed E-state index contributed by atoms with van der Waals surface area (Å²) in [5.74, 6) is 0. The zero-order chi connectivity index (χ0) is 12.4. The van der Waals surface area contributed by atoms with E-state index in [4.69, 9.17) is 5.73 Å². The predicted molar refractivity (Wildman–Crippen MR) is 73.1 cm³/mol. The van der Waals surface area contributed by atoms with Gasteiger partial charge in [-0.15, -0.1) is 0 Å². The third kappa shape index (κ3) is 2.77. The molecule has 17 heavy (non-hydrogen) atoms. The van der Waals surface area contributed by atoms with Crippen LogP contribution in [0.1, 0.15) is 11.1 Å². The van der Waals surface area contributed by atoms with Crippen molar-refractivity contribution in [3.63, 3.8) is 0 Å². The van der Waals surface area contributed by atoms with E-state index in [9.17, 15) is 4.79 Å². The molecule has 0 aliphatic rings. The highest BCUT2D eigenvalue weighted by Crippen LogP contribution is 2.13. The standard InChI is InChI=1S/C13H13BrN2O/c1-9-6-13(17)16(8-12(9)14)7-10-2-4-11(15)5-3-10/h2-6,8H,7,15H2,1H3. The van der Waals surface area contributed by atoms with Crippen LogP contribution in [0.3, 0.4) is 0 Å². The monoisotopic (exact) mass is 292 g/mol. The number of benzene rings is 1. The fourth-order valence-corrected chi connectivity index (χ4v) is 1.94. The molecular formula is C13H13BrN2O. The zero-order valence-electron chi connectivity index (χ0n) is 9.48. The third-order valence-electron chi connectivity index (χ3n) is 2.60. The molecule has 1 heterocycles. The molecule has 0 atom stereocenters. The Kier molecular flexibility index (Phi) is 3.33. The average Bonchev–Trinajstić information content (AvgIpc) is 2.29. The number of hydrogen-bond acceptors (Lipinski definition) is 2. The summed E-state index contributed by atoms with van der Waals surface area (Å²) in [6.45, 7) is 2.46. The van der Waals surface area contributed by atoms with E-state index in [1.807, 2.05) is 37.4 Å². The summed E-state index contributed by atoms with van der Waals surface area (Å²) < 4.78 is 2.61. The van der Waals surface area contributed by atoms with Gasteiger partial charge in [-0.25, -0.2) is 0 Å². The van der Waals surface area contributed by atoms with Gasteiger partial charge in [-0.1, -0.05) is 12.1 Å². The van der Waals surface area contributed by atoms with Crippen LogP contribution in [0.25, 0.3) is 0 Å². The Balaban J connectivity index is 2.33. The first-order chi connectivity index (χ1) is 8.06. The molecule has 0 saturated carbocycles. The Morgan fingerprint density at radius 3 is 2.59 bits per heavy atom. The number of halogens is 1. The van der Waals surface area contributed by atoms with Crippen LogP contribution in [0, 0.1) is 6.92 Å². The molecule has 2 N–H and O–H groups in total. The Morgan fingerprint density at radius 1 is 1.29 bits per heavy atom. The number of nitrogens with zero attached hydrogens (tertiary/aromatic N) is 1. The van der Waals surface area contributed by atoms with Gasteiger partial charge in [-0.3, -0.25) is 4.79 Å². The van der Waals surface area contributed by atoms with Crippen molar-refractivity contribution in [1.82, 2.24) is 4.57 Å². The molecule has 88 valence electrons. The second-order valence-electron chi connectivity index (χ2n) is 4.01. The highest BCUT2D eigenvalue weighted by molar-refractivity contribution is 9.10. The average molecular weight is 293 g/mol. The van der Waals surface area contributed by atoms with Gasteiger partial charge in [0.15, 0.2) is 0 Å². The van der Waals surface area contributed by atoms with Gasteiger partial charge in [0.05, 0.1) is 6.54 Å². The quantitative estimate of drug-likeness (QED) is 0.865. The number of hydrogen-bond donors (Lipinski definition) is 1. The number of rotatable bonds is 2. The van der Waals surface area contributed by atoms with E-state index in [0.29, 0.717) is 6.54 Å². The highest BCUT2D eigenvalue weighted by Gasteiger charge is 2.02. The molecule has 0 radical (unpaired) electrons. The molecule has 0 spiro atoms. The number of aromatic nitrogens is 1. The van der Waals surface area contributed by atoms with Gasteiger partial charge in [0.25, 0.3) is 5.56 Å². The Bertz CT molecular complexity index is 587. The second kappa shape index (κ2) is 4.75. The van der Waals surface area contributed by atoms with Crippen LogP contribution in [0.4, 0.5) is 5.69 Å². The first-order valence-corrected chi connectivity index (χ1v) is 6.06. The van der Waals surface area contributed by atoms with Crippen molar-refractivity contribution in [2.24, 2.45) is 0 Å². The van der Waals surface area contributed by atoms with Crippen LogP contribution in [-0.2, 0) is 6.54 Å². The third-order valence-corrected chi connectivity index (χ3v) is 3.43. The van der Waals surface area contributed by atoms with Gasteiger partial charge in [-0.2, -0.15) is 0 Å². The molecule has 0 aliphatic carbocycles. The molecule has 3 nitrogen and oxygen atoms in total. The minimum Gasteiger partial charge on any atom is -0.399 e. The number of aryl methyl sites for hydroxylation is 1. The summed E-state index contributed by atoms with van der Waals surface area (Å²) in [4.78, 5) is 11.8. The lowest BCUT2D eigenvalue weighted by Crippen LogP contribution is -2.19. The molecule has 0 saturated heterocycles. The van der Waals surface area contributed by atoms with Crippen LogP contribution >= 0.6 is 15.9 Å². The van der Waals surface area contributed by atoms with Crippen LogP contribution < -0.4 is 11.3 Å². The van der Waals surface area contributed by atoms with E-state index >= 15 is 0 Å². The summed E-state index contributed by atoms with van der Waals surface area (Å²) >= 11 is 3.43. The van der Waals surface area contributed by atoms with Gasteiger partial charge in [0, 0.05) is 22.4 Å². The van der Waals surface area contributed by atoms with Crippen molar-refractivity contribution in [3.8, 4) is 0 Å². The largest absolute Gasteiger partial charge is 0.399 e. The van der Waals surface area contributed by atoms with Crippen LogP contribution in [0.2, 0.25) is 0 Å². The lowest BCUT2D eigenvalue weighted by molar-refractivity contribution is 0.753. The highest BCUT2D eigenvalue weighted by atomic mass is 79.9. The summed E-state index contributed by atoms with van der Waals surface area (Å²) in [5, 5.41) is 0. The van der Waals surface area contributed by atoms with Crippen molar-refractivity contribution in [2.45, 2.75) is 13.5 Å². The molecule has 0 aliphatic heterocycles. The summed E-state index contributed by atoms with van der Waals surface area (Å²) in [6, 6.07) is 9.15. The molecule has 2 aromatic rings. The predicted octanol–water partition coefficient (Wildman–Crippen LogP) is 2.55. The molecule has 4 heteroatoms. The first-order valence-electron chi connectivity index (χ1n) is 5.27. The fourth-order valence-electron chi connectivity index (χ4n) is 1.58. The fraction of sp³-hybridized carbons (Fsp3) is 0.154. The van der Waals surface area contributed by atoms with Gasteiger partial charge in [0.1, 0.15) is 0 Å². The van der Waals surface area contributed by atoms with E-state index in [1.54, 1.807) is 10.6 Å². The van der Waals surface area contributed by atoms with Crippen molar-refractivity contribution in [1.29, 1.82) is 0 Å².